The quantitative estimate of drug-likeness (QED) is 0.873. The van der Waals surface area contributed by atoms with Gasteiger partial charge in [0.25, 0.3) is 0 Å². The van der Waals surface area contributed by atoms with Crippen LogP contribution in [0.3, 0.4) is 0 Å². The summed E-state index contributed by atoms with van der Waals surface area (Å²) in [4.78, 5) is 29.7. The van der Waals surface area contributed by atoms with E-state index in [1.807, 2.05) is 28.0 Å². The molecule has 6 nitrogen and oxygen atoms in total. The van der Waals surface area contributed by atoms with E-state index in [1.165, 1.54) is 18.4 Å². The lowest BCUT2D eigenvalue weighted by Gasteiger charge is -2.26. The number of aromatic nitrogens is 2. The summed E-state index contributed by atoms with van der Waals surface area (Å²) in [5, 5.41) is 7.74. The molecule has 3 aliphatic rings. The SMILES string of the molecule is O=C(C1CC(=O)N(C2CCCC2)C1)N1CCc2[nH]nc(-c3ccccc3)c2CC1. The number of H-pyrrole nitrogens is 1. The first-order valence-electron chi connectivity index (χ1n) is 10.9. The Balaban J connectivity index is 1.27. The van der Waals surface area contributed by atoms with Crippen LogP contribution < -0.4 is 0 Å². The minimum atomic E-state index is -0.175. The third-order valence-corrected chi connectivity index (χ3v) is 6.85. The topological polar surface area (TPSA) is 69.3 Å². The van der Waals surface area contributed by atoms with Crippen molar-refractivity contribution in [2.45, 2.75) is 51.0 Å². The van der Waals surface area contributed by atoms with Gasteiger partial charge >= 0.3 is 0 Å². The number of hydrogen-bond donors (Lipinski definition) is 1. The third kappa shape index (κ3) is 3.45. The maximum absolute atomic E-state index is 13.2. The third-order valence-electron chi connectivity index (χ3n) is 6.85. The number of hydrogen-bond acceptors (Lipinski definition) is 3. The number of rotatable bonds is 3. The van der Waals surface area contributed by atoms with Gasteiger partial charge in [0, 0.05) is 55.3 Å². The van der Waals surface area contributed by atoms with Gasteiger partial charge < -0.3 is 9.80 Å². The molecule has 1 atom stereocenters. The van der Waals surface area contributed by atoms with Gasteiger partial charge in [-0.05, 0) is 19.3 Å². The van der Waals surface area contributed by atoms with E-state index in [2.05, 4.69) is 22.3 Å². The number of likely N-dealkylation sites (tertiary alicyclic amines) is 1. The summed E-state index contributed by atoms with van der Waals surface area (Å²) >= 11 is 0. The maximum Gasteiger partial charge on any atom is 0.228 e. The first kappa shape index (κ1) is 18.4. The van der Waals surface area contributed by atoms with Gasteiger partial charge in [0.1, 0.15) is 0 Å². The second-order valence-corrected chi connectivity index (χ2v) is 8.61. The summed E-state index contributed by atoms with van der Waals surface area (Å²) < 4.78 is 0. The molecule has 1 unspecified atom stereocenters. The van der Waals surface area contributed by atoms with Crippen molar-refractivity contribution in [2.75, 3.05) is 19.6 Å². The van der Waals surface area contributed by atoms with Crippen molar-refractivity contribution < 1.29 is 9.59 Å². The van der Waals surface area contributed by atoms with Crippen molar-refractivity contribution in [3.8, 4) is 11.3 Å². The number of nitrogens with zero attached hydrogens (tertiary/aromatic N) is 3. The van der Waals surface area contributed by atoms with Crippen LogP contribution in [0.1, 0.15) is 43.4 Å². The molecule has 1 N–H and O–H groups in total. The van der Waals surface area contributed by atoms with Crippen LogP contribution in [0.15, 0.2) is 30.3 Å². The fourth-order valence-electron chi connectivity index (χ4n) is 5.26. The molecule has 1 saturated heterocycles. The van der Waals surface area contributed by atoms with E-state index in [4.69, 9.17) is 0 Å². The fourth-order valence-corrected chi connectivity index (χ4v) is 5.26. The minimum absolute atomic E-state index is 0.151. The Bertz CT molecular complexity index is 901. The molecule has 0 bridgehead atoms. The van der Waals surface area contributed by atoms with Crippen LogP contribution in [0, 0.1) is 5.92 Å². The first-order chi connectivity index (χ1) is 14.2. The molecule has 1 aromatic carbocycles. The first-order valence-corrected chi connectivity index (χ1v) is 10.9. The molecule has 0 radical (unpaired) electrons. The van der Waals surface area contributed by atoms with Crippen molar-refractivity contribution in [3.05, 3.63) is 41.6 Å². The highest BCUT2D eigenvalue weighted by Gasteiger charge is 2.40. The molecule has 0 spiro atoms. The van der Waals surface area contributed by atoms with Crippen molar-refractivity contribution >= 4 is 11.8 Å². The van der Waals surface area contributed by atoms with E-state index < -0.39 is 0 Å². The van der Waals surface area contributed by atoms with Crippen LogP contribution in [0.5, 0.6) is 0 Å². The second kappa shape index (κ2) is 7.65. The van der Waals surface area contributed by atoms with E-state index in [9.17, 15) is 9.59 Å². The molecule has 3 heterocycles. The average molecular weight is 393 g/mol. The Morgan fingerprint density at radius 3 is 2.62 bits per heavy atom. The number of nitrogens with one attached hydrogen (secondary N) is 1. The summed E-state index contributed by atoms with van der Waals surface area (Å²) in [6, 6.07) is 10.6. The van der Waals surface area contributed by atoms with Crippen LogP contribution in [0.25, 0.3) is 11.3 Å². The lowest BCUT2D eigenvalue weighted by atomic mass is 10.0. The monoisotopic (exact) mass is 392 g/mol. The molecule has 1 aliphatic carbocycles. The summed E-state index contributed by atoms with van der Waals surface area (Å²) in [6.07, 6.45) is 6.57. The Hall–Kier alpha value is -2.63. The van der Waals surface area contributed by atoms with Crippen molar-refractivity contribution in [1.82, 2.24) is 20.0 Å². The van der Waals surface area contributed by atoms with Gasteiger partial charge in [0.2, 0.25) is 11.8 Å². The van der Waals surface area contributed by atoms with Crippen LogP contribution in [-0.2, 0) is 22.4 Å². The molecule has 2 aliphatic heterocycles. The molecular weight excluding hydrogens is 364 g/mol. The van der Waals surface area contributed by atoms with Crippen LogP contribution in [0.4, 0.5) is 0 Å². The molecule has 6 heteroatoms. The smallest absolute Gasteiger partial charge is 0.228 e. The summed E-state index contributed by atoms with van der Waals surface area (Å²) in [6.45, 7) is 2.00. The number of aromatic amines is 1. The highest BCUT2D eigenvalue weighted by atomic mass is 16.2. The van der Waals surface area contributed by atoms with Crippen molar-refractivity contribution in [3.63, 3.8) is 0 Å². The van der Waals surface area contributed by atoms with E-state index >= 15 is 0 Å². The zero-order valence-electron chi connectivity index (χ0n) is 16.8. The average Bonchev–Trinajstić information content (AvgIpc) is 3.46. The Morgan fingerprint density at radius 1 is 1.07 bits per heavy atom. The van der Waals surface area contributed by atoms with Gasteiger partial charge in [-0.3, -0.25) is 14.7 Å². The number of benzene rings is 1. The highest BCUT2D eigenvalue weighted by molar-refractivity contribution is 5.89. The summed E-state index contributed by atoms with van der Waals surface area (Å²) in [7, 11) is 0. The van der Waals surface area contributed by atoms with Gasteiger partial charge in [-0.1, -0.05) is 43.2 Å². The molecule has 2 fully saturated rings. The zero-order valence-corrected chi connectivity index (χ0v) is 16.8. The second-order valence-electron chi connectivity index (χ2n) is 8.61. The Kier molecular flexibility index (Phi) is 4.86. The number of carbonyl (C=O) groups excluding carboxylic acids is 2. The molecule has 2 aromatic rings. The summed E-state index contributed by atoms with van der Waals surface area (Å²) in [5.41, 5.74) is 4.47. The maximum atomic E-state index is 13.2. The molecule has 1 aromatic heterocycles. The molecule has 152 valence electrons. The van der Waals surface area contributed by atoms with Crippen LogP contribution >= 0.6 is 0 Å². The van der Waals surface area contributed by atoms with Gasteiger partial charge in [0.15, 0.2) is 0 Å². The molecular formula is C23H28N4O2. The predicted octanol–water partition coefficient (Wildman–Crippen LogP) is 2.80. The lowest BCUT2D eigenvalue weighted by Crippen LogP contribution is -2.40. The Morgan fingerprint density at radius 2 is 1.83 bits per heavy atom. The minimum Gasteiger partial charge on any atom is -0.342 e. The van der Waals surface area contributed by atoms with Gasteiger partial charge in [-0.15, -0.1) is 0 Å². The molecule has 29 heavy (non-hydrogen) atoms. The van der Waals surface area contributed by atoms with Crippen molar-refractivity contribution in [1.29, 1.82) is 0 Å². The Labute approximate surface area is 171 Å². The number of carbonyl (C=O) groups is 2. The summed E-state index contributed by atoms with van der Waals surface area (Å²) in [5.74, 6) is 0.148. The van der Waals surface area contributed by atoms with Crippen molar-refractivity contribution in [2.24, 2.45) is 5.92 Å². The molecule has 2 amide bonds. The van der Waals surface area contributed by atoms with Gasteiger partial charge in [-0.2, -0.15) is 5.10 Å². The molecule has 1 saturated carbocycles. The largest absolute Gasteiger partial charge is 0.342 e. The number of fused-ring (bicyclic) bond motifs is 1. The van der Waals surface area contributed by atoms with Crippen LogP contribution in [0.2, 0.25) is 0 Å². The standard InChI is InChI=1S/C23H28N4O2/c28-21-14-17(15-27(21)18-8-4-5-9-18)23(29)26-12-10-19-20(11-13-26)24-25-22(19)16-6-2-1-3-7-16/h1-3,6-7,17-18H,4-5,8-15H2,(H,24,25). The van der Waals surface area contributed by atoms with E-state index in [1.54, 1.807) is 0 Å². The van der Waals surface area contributed by atoms with E-state index in [-0.39, 0.29) is 17.7 Å². The normalized spacial score (nSPS) is 22.8. The highest BCUT2D eigenvalue weighted by Crippen LogP contribution is 2.31. The van der Waals surface area contributed by atoms with Gasteiger partial charge in [0.05, 0.1) is 11.6 Å². The fraction of sp³-hybridized carbons (Fsp3) is 0.522. The van der Waals surface area contributed by atoms with Gasteiger partial charge in [-0.25, -0.2) is 0 Å². The van der Waals surface area contributed by atoms with E-state index in [0.29, 0.717) is 32.1 Å². The molecule has 5 rings (SSSR count). The predicted molar refractivity (Wildman–Crippen MR) is 110 cm³/mol. The van der Waals surface area contributed by atoms with E-state index in [0.717, 1.165) is 42.6 Å². The lowest BCUT2D eigenvalue weighted by molar-refractivity contribution is -0.135. The van der Waals surface area contributed by atoms with Crippen LogP contribution in [-0.4, -0.2) is 57.5 Å². The number of amides is 2. The zero-order chi connectivity index (χ0) is 19.8.